The number of hydrogen-bond donors (Lipinski definition) is 3. The SMILES string of the molecule is CCCCCCCCCCCCCCCCCCCCCCCC(=O)OC[C@@H](COP(=O)(O)OC[C@H](O)CO)OC(=O)CCCCCCCCCCCCCC. The van der Waals surface area contributed by atoms with Gasteiger partial charge in [-0.25, -0.2) is 4.57 Å². The van der Waals surface area contributed by atoms with Gasteiger partial charge >= 0.3 is 19.8 Å². The van der Waals surface area contributed by atoms with Crippen LogP contribution < -0.4 is 0 Å². The second-order valence-electron chi connectivity index (χ2n) is 16.2. The molecular weight excluding hydrogens is 731 g/mol. The first-order valence-electron chi connectivity index (χ1n) is 23.5. The largest absolute Gasteiger partial charge is 0.472 e. The smallest absolute Gasteiger partial charge is 0.462 e. The van der Waals surface area contributed by atoms with Crippen molar-refractivity contribution in [3.63, 3.8) is 0 Å². The number of unbranched alkanes of at least 4 members (excludes halogenated alkanes) is 31. The first kappa shape index (κ1) is 55.0. The zero-order chi connectivity index (χ0) is 41.2. The van der Waals surface area contributed by atoms with E-state index in [0.717, 1.165) is 32.1 Å². The molecule has 0 heterocycles. The number of aliphatic hydroxyl groups excluding tert-OH is 2. The van der Waals surface area contributed by atoms with Crippen molar-refractivity contribution in [2.75, 3.05) is 26.4 Å². The molecule has 0 aliphatic rings. The van der Waals surface area contributed by atoms with Crippen LogP contribution in [0, 0.1) is 0 Å². The molecule has 0 bridgehead atoms. The van der Waals surface area contributed by atoms with Gasteiger partial charge in [-0.1, -0.05) is 213 Å². The molecule has 0 rings (SSSR count). The van der Waals surface area contributed by atoms with E-state index >= 15 is 0 Å². The van der Waals surface area contributed by atoms with Crippen LogP contribution in [0.2, 0.25) is 0 Å². The molecular formula is C45H89O10P. The Balaban J connectivity index is 4.12. The van der Waals surface area contributed by atoms with Crippen molar-refractivity contribution >= 4 is 19.8 Å². The highest BCUT2D eigenvalue weighted by Gasteiger charge is 2.27. The summed E-state index contributed by atoms with van der Waals surface area (Å²) in [6.07, 6.45) is 39.3. The lowest BCUT2D eigenvalue weighted by Gasteiger charge is -2.20. The predicted octanol–water partition coefficient (Wildman–Crippen LogP) is 12.6. The third-order valence-corrected chi connectivity index (χ3v) is 11.5. The number of phosphoric acid groups is 1. The van der Waals surface area contributed by atoms with Gasteiger partial charge in [-0.05, 0) is 12.8 Å². The molecule has 0 aromatic carbocycles. The summed E-state index contributed by atoms with van der Waals surface area (Å²) in [6.45, 7) is 2.42. The van der Waals surface area contributed by atoms with Crippen LogP contribution in [0.1, 0.15) is 239 Å². The van der Waals surface area contributed by atoms with E-state index in [-0.39, 0.29) is 19.4 Å². The maximum Gasteiger partial charge on any atom is 0.472 e. The molecule has 0 aliphatic heterocycles. The van der Waals surface area contributed by atoms with Crippen LogP contribution in [0.15, 0.2) is 0 Å². The summed E-state index contributed by atoms with van der Waals surface area (Å²) in [4.78, 5) is 35.0. The fraction of sp³-hybridized carbons (Fsp3) is 0.956. The molecule has 0 amide bonds. The highest BCUT2D eigenvalue weighted by Crippen LogP contribution is 2.43. The third kappa shape index (κ3) is 41.1. The van der Waals surface area contributed by atoms with Crippen molar-refractivity contribution in [1.29, 1.82) is 0 Å². The molecule has 3 N–H and O–H groups in total. The molecule has 0 radical (unpaired) electrons. The Hall–Kier alpha value is -1.03. The van der Waals surface area contributed by atoms with Gasteiger partial charge in [0, 0.05) is 12.8 Å². The fourth-order valence-corrected chi connectivity index (χ4v) is 7.67. The van der Waals surface area contributed by atoms with Crippen molar-refractivity contribution in [2.24, 2.45) is 0 Å². The quantitative estimate of drug-likeness (QED) is 0.0308. The van der Waals surface area contributed by atoms with Gasteiger partial charge in [-0.3, -0.25) is 18.6 Å². The van der Waals surface area contributed by atoms with Crippen molar-refractivity contribution in [2.45, 2.75) is 251 Å². The zero-order valence-electron chi connectivity index (χ0n) is 36.4. The summed E-state index contributed by atoms with van der Waals surface area (Å²) < 4.78 is 32.7. The Morgan fingerprint density at radius 3 is 1.11 bits per heavy atom. The number of carbonyl (C=O) groups is 2. The molecule has 11 heteroatoms. The predicted molar refractivity (Wildman–Crippen MR) is 229 cm³/mol. The average Bonchev–Trinajstić information content (AvgIpc) is 3.19. The molecule has 0 aromatic rings. The van der Waals surface area contributed by atoms with Crippen LogP contribution in [-0.2, 0) is 32.7 Å². The van der Waals surface area contributed by atoms with E-state index in [1.807, 2.05) is 0 Å². The monoisotopic (exact) mass is 821 g/mol. The van der Waals surface area contributed by atoms with Crippen LogP contribution in [-0.4, -0.2) is 65.7 Å². The zero-order valence-corrected chi connectivity index (χ0v) is 37.3. The van der Waals surface area contributed by atoms with Crippen LogP contribution in [0.3, 0.4) is 0 Å². The Morgan fingerprint density at radius 1 is 0.464 bits per heavy atom. The van der Waals surface area contributed by atoms with Crippen molar-refractivity contribution in [3.8, 4) is 0 Å². The van der Waals surface area contributed by atoms with E-state index in [4.69, 9.17) is 23.6 Å². The standard InChI is InChI=1S/C45H89O10P/c1-3-5-7-9-11-13-15-17-18-19-20-21-22-23-24-25-27-28-30-32-34-36-44(48)52-40-43(41-54-56(50,51)53-39-42(47)38-46)55-45(49)37-35-33-31-29-26-16-14-12-10-8-6-4-2/h42-43,46-47H,3-41H2,1-2H3,(H,50,51)/t42-,43+/m1/s1. The number of esters is 2. The summed E-state index contributed by atoms with van der Waals surface area (Å²) in [7, 11) is -4.61. The Kier molecular flexibility index (Phi) is 41.3. The molecule has 0 spiro atoms. The van der Waals surface area contributed by atoms with Crippen LogP contribution >= 0.6 is 7.82 Å². The molecule has 10 nitrogen and oxygen atoms in total. The van der Waals surface area contributed by atoms with Crippen molar-refractivity contribution in [1.82, 2.24) is 0 Å². The topological polar surface area (TPSA) is 149 Å². The lowest BCUT2D eigenvalue weighted by Crippen LogP contribution is -2.29. The van der Waals surface area contributed by atoms with Gasteiger partial charge in [0.25, 0.3) is 0 Å². The van der Waals surface area contributed by atoms with E-state index in [2.05, 4.69) is 13.8 Å². The van der Waals surface area contributed by atoms with Crippen LogP contribution in [0.5, 0.6) is 0 Å². The first-order valence-corrected chi connectivity index (χ1v) is 25.0. The van der Waals surface area contributed by atoms with E-state index < -0.39 is 51.8 Å². The van der Waals surface area contributed by atoms with Gasteiger partial charge in [0.2, 0.25) is 0 Å². The molecule has 0 aliphatic carbocycles. The number of phosphoric ester groups is 1. The number of aliphatic hydroxyl groups is 2. The number of carbonyl (C=O) groups excluding carboxylic acids is 2. The Labute approximate surface area is 344 Å². The maximum atomic E-state index is 12.6. The molecule has 0 fully saturated rings. The van der Waals surface area contributed by atoms with Crippen LogP contribution in [0.25, 0.3) is 0 Å². The molecule has 56 heavy (non-hydrogen) atoms. The van der Waals surface area contributed by atoms with Gasteiger partial charge in [-0.15, -0.1) is 0 Å². The molecule has 0 saturated carbocycles. The second kappa shape index (κ2) is 42.1. The van der Waals surface area contributed by atoms with Gasteiger partial charge in [0.15, 0.2) is 6.10 Å². The summed E-state index contributed by atoms with van der Waals surface area (Å²) in [5, 5.41) is 18.3. The maximum absolute atomic E-state index is 12.6. The lowest BCUT2D eigenvalue weighted by molar-refractivity contribution is -0.161. The normalized spacial score (nSPS) is 13.7. The number of rotatable bonds is 45. The summed E-state index contributed by atoms with van der Waals surface area (Å²) in [5.41, 5.74) is 0. The van der Waals surface area contributed by atoms with Gasteiger partial charge in [-0.2, -0.15) is 0 Å². The lowest BCUT2D eigenvalue weighted by atomic mass is 10.0. The van der Waals surface area contributed by atoms with Crippen molar-refractivity contribution < 1.29 is 47.8 Å². The molecule has 334 valence electrons. The minimum atomic E-state index is -4.61. The highest BCUT2D eigenvalue weighted by atomic mass is 31.2. The Morgan fingerprint density at radius 2 is 0.768 bits per heavy atom. The summed E-state index contributed by atoms with van der Waals surface area (Å²) >= 11 is 0. The minimum Gasteiger partial charge on any atom is -0.462 e. The van der Waals surface area contributed by atoms with Gasteiger partial charge in [0.05, 0.1) is 19.8 Å². The van der Waals surface area contributed by atoms with Gasteiger partial charge < -0.3 is 24.6 Å². The van der Waals surface area contributed by atoms with Crippen LogP contribution in [0.4, 0.5) is 0 Å². The second-order valence-corrected chi connectivity index (χ2v) is 17.6. The molecule has 0 saturated heterocycles. The summed E-state index contributed by atoms with van der Waals surface area (Å²) in [5.74, 6) is -0.908. The number of hydrogen-bond acceptors (Lipinski definition) is 9. The third-order valence-electron chi connectivity index (χ3n) is 10.5. The average molecular weight is 821 g/mol. The molecule has 3 atom stereocenters. The van der Waals surface area contributed by atoms with E-state index in [9.17, 15) is 24.2 Å². The van der Waals surface area contributed by atoms with E-state index in [1.54, 1.807) is 0 Å². The van der Waals surface area contributed by atoms with Gasteiger partial charge in [0.1, 0.15) is 12.7 Å². The minimum absolute atomic E-state index is 0.192. The molecule has 1 unspecified atom stereocenters. The van der Waals surface area contributed by atoms with E-state index in [0.29, 0.717) is 12.8 Å². The fourth-order valence-electron chi connectivity index (χ4n) is 6.88. The van der Waals surface area contributed by atoms with Crippen molar-refractivity contribution in [3.05, 3.63) is 0 Å². The summed E-state index contributed by atoms with van der Waals surface area (Å²) in [6, 6.07) is 0. The first-order chi connectivity index (χ1) is 27.2. The highest BCUT2D eigenvalue weighted by molar-refractivity contribution is 7.47. The number of ether oxygens (including phenoxy) is 2. The molecule has 0 aromatic heterocycles. The Bertz CT molecular complexity index is 904. The van der Waals surface area contributed by atoms with E-state index in [1.165, 1.54) is 167 Å².